The molecule has 0 spiro atoms. The zero-order valence-electron chi connectivity index (χ0n) is 27.4. The second kappa shape index (κ2) is 14.8. The van der Waals surface area contributed by atoms with Crippen LogP contribution in [0.4, 0.5) is 5.82 Å². The van der Waals surface area contributed by atoms with E-state index in [0.29, 0.717) is 11.2 Å². The van der Waals surface area contributed by atoms with E-state index < -0.39 is 62.2 Å². The fourth-order valence-electron chi connectivity index (χ4n) is 4.71. The number of ether oxygens (including phenoxy) is 3. The lowest BCUT2D eigenvalue weighted by atomic mass is 9.97. The number of nitrogen functional groups attached to an aromatic ring is 1. The summed E-state index contributed by atoms with van der Waals surface area (Å²) < 4.78 is 38.4. The van der Waals surface area contributed by atoms with Gasteiger partial charge in [-0.25, -0.2) is 19.7 Å². The highest BCUT2D eigenvalue weighted by atomic mass is 31.2. The van der Waals surface area contributed by atoms with Crippen molar-refractivity contribution in [1.29, 1.82) is 0 Å². The summed E-state index contributed by atoms with van der Waals surface area (Å²) in [4.78, 5) is 29.5. The average molecular weight is 657 g/mol. The Morgan fingerprint density at radius 3 is 2.31 bits per heavy atom. The molecule has 1 fully saturated rings. The van der Waals surface area contributed by atoms with Crippen LogP contribution in [-0.2, 0) is 32.9 Å². The summed E-state index contributed by atoms with van der Waals surface area (Å²) in [6, 6.07) is 1.08. The van der Waals surface area contributed by atoms with Crippen LogP contribution in [-0.4, -0.2) is 86.5 Å². The molecule has 0 aliphatic carbocycles. The lowest BCUT2D eigenvalue weighted by molar-refractivity contribution is -0.148. The van der Waals surface area contributed by atoms with Crippen molar-refractivity contribution < 1.29 is 43.1 Å². The van der Waals surface area contributed by atoms with Crippen molar-refractivity contribution >= 4 is 30.9 Å². The van der Waals surface area contributed by atoms with E-state index in [-0.39, 0.29) is 30.4 Å². The van der Waals surface area contributed by atoms with Gasteiger partial charge >= 0.3 is 19.6 Å². The summed E-state index contributed by atoms with van der Waals surface area (Å²) in [5.41, 5.74) is 4.94. The van der Waals surface area contributed by atoms with Gasteiger partial charge in [0, 0.05) is 0 Å². The summed E-state index contributed by atoms with van der Waals surface area (Å²) >= 11 is 0. The van der Waals surface area contributed by atoms with Gasteiger partial charge in [0.15, 0.2) is 5.82 Å². The third kappa shape index (κ3) is 9.22. The molecule has 0 aromatic carbocycles. The minimum atomic E-state index is -4.25. The molecule has 254 valence electrons. The number of nitrogens with two attached hydrogens (primary N) is 1. The summed E-state index contributed by atoms with van der Waals surface area (Å²) in [6.45, 7) is 13.9. The van der Waals surface area contributed by atoms with Gasteiger partial charge < -0.3 is 34.7 Å². The molecule has 6 N–H and O–H groups in total. The number of hydrogen-bond donors (Lipinski definition) is 5. The number of nitrogens with one attached hydrogen (secondary N) is 2. The van der Waals surface area contributed by atoms with E-state index >= 15 is 0 Å². The van der Waals surface area contributed by atoms with Gasteiger partial charge in [0.2, 0.25) is 0 Å². The molecule has 1 saturated heterocycles. The minimum absolute atomic E-state index is 0.123. The summed E-state index contributed by atoms with van der Waals surface area (Å²) in [5, 5.41) is 31.5. The topological polar surface area (TPSA) is 209 Å². The first-order valence-corrected chi connectivity index (χ1v) is 16.8. The number of rotatable bonds is 15. The van der Waals surface area contributed by atoms with E-state index in [1.807, 2.05) is 34.6 Å². The molecule has 2 aromatic rings. The Kier molecular flexibility index (Phi) is 12.1. The Morgan fingerprint density at radius 2 is 1.73 bits per heavy atom. The van der Waals surface area contributed by atoms with Gasteiger partial charge in [0.1, 0.15) is 47.8 Å². The lowest BCUT2D eigenvalue weighted by Crippen LogP contribution is -2.47. The summed E-state index contributed by atoms with van der Waals surface area (Å²) in [5.74, 6) is -0.938. The number of carbonyl (C=O) groups is 2. The van der Waals surface area contributed by atoms with Gasteiger partial charge in [-0.3, -0.25) is 14.2 Å². The van der Waals surface area contributed by atoms with E-state index in [0.717, 1.165) is 12.8 Å². The predicted molar refractivity (Wildman–Crippen MR) is 166 cm³/mol. The zero-order chi connectivity index (χ0) is 33.7. The molecule has 0 bridgehead atoms. The Bertz CT molecular complexity index is 1360. The Balaban J connectivity index is 1.80. The number of hydrogen-bond acceptors (Lipinski definition) is 12. The first kappa shape index (κ1) is 36.8. The fraction of sp³-hybridized carbons (Fsp3) is 0.724. The summed E-state index contributed by atoms with van der Waals surface area (Å²) in [7, 11) is -4.25. The molecule has 15 nitrogen and oxygen atoms in total. The standard InChI is InChI=1S/C29H49N6O9P/c1-9-19(10-2)13-41-26(38)17(3)33-45(40,34-18(4)27(39)42-14-28(5,6)7)43-15-29(8)24(37)22(36)23(44-29)20-11-12-21-25(30)31-16-32-35(20)21/h11-12,16-19,22-24,36-37H,9-10,13-15H2,1-8H3,(H2,30,31,32)(H2,33,34,40)/t17-,18-,22-,23-,24-,29+,45?/m0/s1. The third-order valence-electron chi connectivity index (χ3n) is 7.69. The third-order valence-corrected chi connectivity index (χ3v) is 9.64. The van der Waals surface area contributed by atoms with Crippen molar-refractivity contribution in [3.63, 3.8) is 0 Å². The van der Waals surface area contributed by atoms with Gasteiger partial charge in [-0.05, 0) is 44.2 Å². The van der Waals surface area contributed by atoms with E-state index in [4.69, 9.17) is 24.5 Å². The van der Waals surface area contributed by atoms with Gasteiger partial charge in [0.05, 0.1) is 25.5 Å². The highest BCUT2D eigenvalue weighted by molar-refractivity contribution is 7.54. The number of aromatic nitrogens is 3. The monoisotopic (exact) mass is 656 g/mol. The van der Waals surface area contributed by atoms with Crippen LogP contribution >= 0.6 is 7.67 Å². The molecule has 1 unspecified atom stereocenters. The largest absolute Gasteiger partial charge is 0.464 e. The van der Waals surface area contributed by atoms with E-state index in [2.05, 4.69) is 20.3 Å². The Hall–Kier alpha value is -2.65. The molecule has 0 radical (unpaired) electrons. The first-order valence-electron chi connectivity index (χ1n) is 15.2. The van der Waals surface area contributed by atoms with Gasteiger partial charge in [-0.15, -0.1) is 0 Å². The maximum atomic E-state index is 14.2. The Morgan fingerprint density at radius 1 is 1.13 bits per heavy atom. The predicted octanol–water partition coefficient (Wildman–Crippen LogP) is 2.51. The van der Waals surface area contributed by atoms with Crippen LogP contribution in [0.15, 0.2) is 18.5 Å². The molecule has 3 heterocycles. The van der Waals surface area contributed by atoms with Crippen LogP contribution in [0.5, 0.6) is 0 Å². The molecule has 16 heteroatoms. The summed E-state index contributed by atoms with van der Waals surface area (Å²) in [6.07, 6.45) is -1.05. The van der Waals surface area contributed by atoms with Crippen molar-refractivity contribution in [3.05, 3.63) is 24.2 Å². The van der Waals surface area contributed by atoms with Crippen molar-refractivity contribution in [3.8, 4) is 0 Å². The van der Waals surface area contributed by atoms with Gasteiger partial charge in [0.25, 0.3) is 0 Å². The highest BCUT2D eigenvalue weighted by Crippen LogP contribution is 2.45. The average Bonchev–Trinajstić information content (AvgIpc) is 3.50. The van der Waals surface area contributed by atoms with Crippen LogP contribution < -0.4 is 15.9 Å². The molecular weight excluding hydrogens is 607 g/mol. The van der Waals surface area contributed by atoms with Crippen molar-refractivity contribution in [2.24, 2.45) is 11.3 Å². The lowest BCUT2D eigenvalue weighted by Gasteiger charge is -2.32. The number of esters is 2. The molecule has 0 amide bonds. The van der Waals surface area contributed by atoms with Crippen LogP contribution in [0.3, 0.4) is 0 Å². The molecule has 7 atom stereocenters. The molecule has 2 aromatic heterocycles. The number of aliphatic hydroxyl groups is 2. The van der Waals surface area contributed by atoms with Crippen molar-refractivity contribution in [2.75, 3.05) is 25.6 Å². The Labute approximate surface area is 264 Å². The number of carbonyl (C=O) groups excluding carboxylic acids is 2. The number of fused-ring (bicyclic) bond motifs is 1. The second-order valence-corrected chi connectivity index (χ2v) is 14.9. The quantitative estimate of drug-likeness (QED) is 0.138. The first-order chi connectivity index (χ1) is 20.9. The molecule has 1 aliphatic rings. The van der Waals surface area contributed by atoms with Crippen LogP contribution in [0.2, 0.25) is 0 Å². The van der Waals surface area contributed by atoms with E-state index in [1.54, 1.807) is 12.1 Å². The molecule has 0 saturated carbocycles. The van der Waals surface area contributed by atoms with Crippen molar-refractivity contribution in [2.45, 2.75) is 104 Å². The maximum absolute atomic E-state index is 14.2. The normalized spacial score (nSPS) is 24.8. The molecule has 1 aliphatic heterocycles. The van der Waals surface area contributed by atoms with Crippen LogP contribution in [0, 0.1) is 11.3 Å². The molecule has 3 rings (SSSR count). The fourth-order valence-corrected chi connectivity index (χ4v) is 6.60. The highest BCUT2D eigenvalue weighted by Gasteiger charge is 2.53. The van der Waals surface area contributed by atoms with Crippen LogP contribution in [0.1, 0.15) is 80.0 Å². The van der Waals surface area contributed by atoms with Crippen LogP contribution in [0.25, 0.3) is 5.52 Å². The SMILES string of the molecule is CCC(CC)COC(=O)[C@H](C)NP(=O)(N[C@@H](C)C(=O)OCC(C)(C)C)OC[C@@]1(C)O[C@@H](c2ccc3c(N)ncnn23)[C@H](O)[C@@H]1O. The van der Waals surface area contributed by atoms with E-state index in [9.17, 15) is 24.4 Å². The number of aliphatic hydroxyl groups excluding tert-OH is 2. The maximum Gasteiger partial charge on any atom is 0.342 e. The second-order valence-electron chi connectivity index (χ2n) is 13.0. The minimum Gasteiger partial charge on any atom is -0.464 e. The van der Waals surface area contributed by atoms with Crippen molar-refractivity contribution in [1.82, 2.24) is 24.8 Å². The van der Waals surface area contributed by atoms with Gasteiger partial charge in [-0.2, -0.15) is 5.10 Å². The number of nitrogens with zero attached hydrogens (tertiary/aromatic N) is 3. The number of anilines is 1. The zero-order valence-corrected chi connectivity index (χ0v) is 28.2. The van der Waals surface area contributed by atoms with E-state index in [1.165, 1.54) is 31.6 Å². The molecular formula is C29H49N6O9P. The van der Waals surface area contributed by atoms with Gasteiger partial charge in [-0.1, -0.05) is 47.5 Å². The smallest absolute Gasteiger partial charge is 0.342 e. The molecule has 45 heavy (non-hydrogen) atoms.